The van der Waals surface area contributed by atoms with Crippen molar-refractivity contribution in [3.8, 4) is 0 Å². The number of nitrogens with zero attached hydrogens (tertiary/aromatic N) is 2. The average Bonchev–Trinajstić information content (AvgIpc) is 2.94. The second-order valence-electron chi connectivity index (χ2n) is 5.31. The first kappa shape index (κ1) is 15.5. The van der Waals surface area contributed by atoms with Crippen molar-refractivity contribution in [3.63, 3.8) is 0 Å². The molecule has 3 aromatic rings. The van der Waals surface area contributed by atoms with E-state index in [-0.39, 0.29) is 5.91 Å². The largest absolute Gasteiger partial charge is 0.347 e. The highest BCUT2D eigenvalue weighted by molar-refractivity contribution is 9.10. The van der Waals surface area contributed by atoms with Crippen LogP contribution < -0.4 is 5.32 Å². The molecule has 116 valence electrons. The number of halogens is 1. The number of carbonyl (C=O) groups is 1. The third-order valence-electron chi connectivity index (χ3n) is 3.41. The van der Waals surface area contributed by atoms with Crippen molar-refractivity contribution in [1.82, 2.24) is 14.7 Å². The number of aryl methyl sites for hydroxylation is 1. The van der Waals surface area contributed by atoms with Crippen molar-refractivity contribution in [3.05, 3.63) is 76.2 Å². The lowest BCUT2D eigenvalue weighted by Crippen LogP contribution is -2.20. The summed E-state index contributed by atoms with van der Waals surface area (Å²) in [6, 6.07) is 11.9. The normalized spacial score (nSPS) is 11.2. The van der Waals surface area contributed by atoms with E-state index in [4.69, 9.17) is 0 Å². The minimum atomic E-state index is -0.135. The maximum atomic E-state index is 11.9. The molecule has 23 heavy (non-hydrogen) atoms. The maximum Gasteiger partial charge on any atom is 0.244 e. The van der Waals surface area contributed by atoms with E-state index in [2.05, 4.69) is 26.2 Å². The zero-order valence-electron chi connectivity index (χ0n) is 12.7. The van der Waals surface area contributed by atoms with E-state index in [1.54, 1.807) is 6.08 Å². The predicted octanol–water partition coefficient (Wildman–Crippen LogP) is 3.73. The quantitative estimate of drug-likeness (QED) is 0.712. The highest BCUT2D eigenvalue weighted by Gasteiger charge is 2.03. The molecule has 1 amide bonds. The van der Waals surface area contributed by atoms with Crippen LogP contribution in [0.1, 0.15) is 16.8 Å². The first-order valence-corrected chi connectivity index (χ1v) is 8.05. The summed E-state index contributed by atoms with van der Waals surface area (Å²) in [7, 11) is 0. The molecule has 1 N–H and O–H groups in total. The van der Waals surface area contributed by atoms with Gasteiger partial charge in [-0.2, -0.15) is 0 Å². The fourth-order valence-electron chi connectivity index (χ4n) is 2.19. The molecule has 0 unspecified atom stereocenters. The lowest BCUT2D eigenvalue weighted by Gasteiger charge is -1.98. The summed E-state index contributed by atoms with van der Waals surface area (Å²) in [6.45, 7) is 2.43. The van der Waals surface area contributed by atoms with Gasteiger partial charge in [0.1, 0.15) is 5.65 Å². The summed E-state index contributed by atoms with van der Waals surface area (Å²) in [5.41, 5.74) is 3.88. The van der Waals surface area contributed by atoms with Crippen molar-refractivity contribution in [2.45, 2.75) is 13.5 Å². The summed E-state index contributed by atoms with van der Waals surface area (Å²) in [6.07, 6.45) is 7.18. The molecule has 5 heteroatoms. The van der Waals surface area contributed by atoms with Gasteiger partial charge >= 0.3 is 0 Å². The molecule has 0 aliphatic heterocycles. The molecule has 0 aliphatic rings. The molecule has 0 spiro atoms. The molecule has 0 saturated heterocycles. The van der Waals surface area contributed by atoms with E-state index in [1.165, 1.54) is 11.6 Å². The Labute approximate surface area is 143 Å². The minimum absolute atomic E-state index is 0.135. The van der Waals surface area contributed by atoms with Gasteiger partial charge in [-0.15, -0.1) is 0 Å². The Morgan fingerprint density at radius 1 is 1.22 bits per heavy atom. The van der Waals surface area contributed by atoms with Gasteiger partial charge in [0.15, 0.2) is 0 Å². The van der Waals surface area contributed by atoms with E-state index in [0.29, 0.717) is 6.54 Å². The van der Waals surface area contributed by atoms with Crippen LogP contribution in [-0.2, 0) is 11.3 Å². The van der Waals surface area contributed by atoms with E-state index in [1.807, 2.05) is 60.1 Å². The number of pyridine rings is 1. The summed E-state index contributed by atoms with van der Waals surface area (Å²) in [4.78, 5) is 16.3. The van der Waals surface area contributed by atoms with Crippen LogP contribution in [0.5, 0.6) is 0 Å². The van der Waals surface area contributed by atoms with Crippen LogP contribution in [0.15, 0.2) is 59.3 Å². The van der Waals surface area contributed by atoms with Crippen molar-refractivity contribution in [2.75, 3.05) is 0 Å². The zero-order chi connectivity index (χ0) is 16.2. The lowest BCUT2D eigenvalue weighted by molar-refractivity contribution is -0.116. The molecule has 2 aromatic heterocycles. The molecule has 0 saturated carbocycles. The Hall–Kier alpha value is -2.40. The highest BCUT2D eigenvalue weighted by Crippen LogP contribution is 2.12. The fourth-order valence-corrected chi connectivity index (χ4v) is 2.54. The lowest BCUT2D eigenvalue weighted by atomic mass is 10.1. The van der Waals surface area contributed by atoms with E-state index in [0.717, 1.165) is 21.4 Å². The molecule has 4 nitrogen and oxygen atoms in total. The van der Waals surface area contributed by atoms with Crippen LogP contribution in [0.2, 0.25) is 0 Å². The SMILES string of the molecule is Cc1ccc(/C=C/C(=O)NCc2cn3cc(Br)ccc3n2)cc1. The molecule has 0 radical (unpaired) electrons. The monoisotopic (exact) mass is 369 g/mol. The van der Waals surface area contributed by atoms with Gasteiger partial charge in [0, 0.05) is 22.9 Å². The van der Waals surface area contributed by atoms with Crippen LogP contribution in [-0.4, -0.2) is 15.3 Å². The van der Waals surface area contributed by atoms with Crippen molar-refractivity contribution < 1.29 is 4.79 Å². The second kappa shape index (κ2) is 6.79. The smallest absolute Gasteiger partial charge is 0.244 e. The predicted molar refractivity (Wildman–Crippen MR) is 95.0 cm³/mol. The Bertz CT molecular complexity index is 866. The molecule has 1 aromatic carbocycles. The van der Waals surface area contributed by atoms with Crippen LogP contribution in [0.4, 0.5) is 0 Å². The summed E-state index contributed by atoms with van der Waals surface area (Å²) < 4.78 is 2.91. The fraction of sp³-hybridized carbons (Fsp3) is 0.111. The van der Waals surface area contributed by atoms with Gasteiger partial charge in [-0.1, -0.05) is 29.8 Å². The first-order valence-electron chi connectivity index (χ1n) is 7.26. The van der Waals surface area contributed by atoms with Crippen LogP contribution in [0.25, 0.3) is 11.7 Å². The molecule has 0 atom stereocenters. The average molecular weight is 370 g/mol. The van der Waals surface area contributed by atoms with Crippen molar-refractivity contribution >= 4 is 33.6 Å². The molecule has 0 aliphatic carbocycles. The number of fused-ring (bicyclic) bond motifs is 1. The molecule has 0 bridgehead atoms. The number of benzene rings is 1. The van der Waals surface area contributed by atoms with Gasteiger partial charge in [-0.3, -0.25) is 4.79 Å². The Balaban J connectivity index is 1.60. The van der Waals surface area contributed by atoms with Crippen molar-refractivity contribution in [2.24, 2.45) is 0 Å². The van der Waals surface area contributed by atoms with Gasteiger partial charge in [0.25, 0.3) is 0 Å². The number of hydrogen-bond donors (Lipinski definition) is 1. The third-order valence-corrected chi connectivity index (χ3v) is 3.88. The minimum Gasteiger partial charge on any atom is -0.347 e. The maximum absolute atomic E-state index is 11.9. The number of amides is 1. The van der Waals surface area contributed by atoms with Gasteiger partial charge in [0.05, 0.1) is 12.2 Å². The second-order valence-corrected chi connectivity index (χ2v) is 6.22. The van der Waals surface area contributed by atoms with E-state index >= 15 is 0 Å². The van der Waals surface area contributed by atoms with Gasteiger partial charge in [0.2, 0.25) is 5.91 Å². The number of hydrogen-bond acceptors (Lipinski definition) is 2. The van der Waals surface area contributed by atoms with E-state index < -0.39 is 0 Å². The highest BCUT2D eigenvalue weighted by atomic mass is 79.9. The molecule has 2 heterocycles. The summed E-state index contributed by atoms with van der Waals surface area (Å²) in [5.74, 6) is -0.135. The topological polar surface area (TPSA) is 46.4 Å². The zero-order valence-corrected chi connectivity index (χ0v) is 14.2. The first-order chi connectivity index (χ1) is 11.1. The van der Waals surface area contributed by atoms with Crippen molar-refractivity contribution in [1.29, 1.82) is 0 Å². The van der Waals surface area contributed by atoms with E-state index in [9.17, 15) is 4.79 Å². The Morgan fingerprint density at radius 3 is 2.78 bits per heavy atom. The Kier molecular flexibility index (Phi) is 4.57. The molecular weight excluding hydrogens is 354 g/mol. The third kappa shape index (κ3) is 4.07. The summed E-state index contributed by atoms with van der Waals surface area (Å²) in [5, 5.41) is 2.84. The number of nitrogens with one attached hydrogen (secondary N) is 1. The summed E-state index contributed by atoms with van der Waals surface area (Å²) >= 11 is 3.42. The van der Waals surface area contributed by atoms with Gasteiger partial charge in [-0.25, -0.2) is 4.98 Å². The van der Waals surface area contributed by atoms with Gasteiger partial charge < -0.3 is 9.72 Å². The van der Waals surface area contributed by atoms with Crippen LogP contribution in [0, 0.1) is 6.92 Å². The Morgan fingerprint density at radius 2 is 2.00 bits per heavy atom. The number of rotatable bonds is 4. The standard InChI is InChI=1S/C18H16BrN3O/c1-13-2-4-14(5-3-13)6-9-18(23)20-10-16-12-22-11-15(19)7-8-17(22)21-16/h2-9,11-12H,10H2,1H3,(H,20,23)/b9-6+. The number of carbonyl (C=O) groups excluding carboxylic acids is 1. The molecular formula is C18H16BrN3O. The van der Waals surface area contributed by atoms with Crippen LogP contribution >= 0.6 is 15.9 Å². The molecule has 3 rings (SSSR count). The van der Waals surface area contributed by atoms with Crippen LogP contribution in [0.3, 0.4) is 0 Å². The number of imidazole rings is 1. The molecule has 0 fully saturated rings. The number of aromatic nitrogens is 2. The van der Waals surface area contributed by atoms with Gasteiger partial charge in [-0.05, 0) is 46.6 Å².